The van der Waals surface area contributed by atoms with E-state index in [-0.39, 0.29) is 6.54 Å². The minimum absolute atomic E-state index is 0.235. The molecule has 0 radical (unpaired) electrons. The summed E-state index contributed by atoms with van der Waals surface area (Å²) in [7, 11) is 0. The lowest BCUT2D eigenvalue weighted by Crippen LogP contribution is -2.33. The van der Waals surface area contributed by atoms with Crippen molar-refractivity contribution >= 4 is 5.97 Å². The number of aliphatic carboxylic acids is 1. The molecule has 1 unspecified atom stereocenters. The topological polar surface area (TPSA) is 49.3 Å². The van der Waals surface area contributed by atoms with Gasteiger partial charge in [-0.2, -0.15) is 0 Å². The van der Waals surface area contributed by atoms with Crippen LogP contribution in [0.4, 0.5) is 4.39 Å². The highest BCUT2D eigenvalue weighted by molar-refractivity contribution is 5.80. The smallest absolute Gasteiger partial charge is 0.328 e. The highest BCUT2D eigenvalue weighted by Gasteiger charge is 2.17. The van der Waals surface area contributed by atoms with Crippen LogP contribution in [0.3, 0.4) is 0 Å². The fraction of sp³-hybridized carbons (Fsp3) is 0.571. The number of halogens is 1. The number of carboxylic acid groups (broad SMARTS) is 1. The summed E-state index contributed by atoms with van der Waals surface area (Å²) >= 11 is 0. The lowest BCUT2D eigenvalue weighted by molar-refractivity contribution is -0.131. The fourth-order valence-electron chi connectivity index (χ4n) is 1.07. The number of nitrogens with one attached hydrogen (secondary N) is 1. The molecule has 62 valence electrons. The molecule has 11 heavy (non-hydrogen) atoms. The second kappa shape index (κ2) is 3.48. The Labute approximate surface area is 63.9 Å². The molecule has 0 aromatic carbocycles. The summed E-state index contributed by atoms with van der Waals surface area (Å²) in [5.74, 6) is -1.07. The number of carboxylic acids is 1. The van der Waals surface area contributed by atoms with Crippen LogP contribution in [0.25, 0.3) is 0 Å². The minimum Gasteiger partial charge on any atom is -0.478 e. The second-order valence-electron chi connectivity index (χ2n) is 2.48. The van der Waals surface area contributed by atoms with Crippen molar-refractivity contribution < 1.29 is 14.3 Å². The Kier molecular flexibility index (Phi) is 2.59. The van der Waals surface area contributed by atoms with E-state index in [1.165, 1.54) is 0 Å². The molecule has 1 aliphatic rings. The zero-order valence-electron chi connectivity index (χ0n) is 6.01. The van der Waals surface area contributed by atoms with Crippen LogP contribution in [0.15, 0.2) is 11.6 Å². The Morgan fingerprint density at radius 1 is 1.82 bits per heavy atom. The van der Waals surface area contributed by atoms with Crippen LogP contribution in [-0.4, -0.2) is 30.3 Å². The average molecular weight is 159 g/mol. The maximum absolute atomic E-state index is 12.8. The largest absolute Gasteiger partial charge is 0.478 e. The molecule has 1 rings (SSSR count). The molecule has 1 atom stereocenters. The number of alkyl halides is 1. The number of piperidine rings is 1. The van der Waals surface area contributed by atoms with Gasteiger partial charge in [-0.05, 0) is 18.5 Å². The van der Waals surface area contributed by atoms with Crippen LogP contribution in [0.2, 0.25) is 0 Å². The van der Waals surface area contributed by atoms with Gasteiger partial charge in [0.15, 0.2) is 0 Å². The second-order valence-corrected chi connectivity index (χ2v) is 2.48. The van der Waals surface area contributed by atoms with Gasteiger partial charge in [0, 0.05) is 12.6 Å². The standard InChI is InChI=1S/C7H10FNO2/c8-6-4-9-2-1-5(6)3-7(10)11/h3,6,9H,1-2,4H2,(H,10,11)/b5-3-. The van der Waals surface area contributed by atoms with Gasteiger partial charge in [0.1, 0.15) is 6.17 Å². The summed E-state index contributed by atoms with van der Waals surface area (Å²) < 4.78 is 12.8. The maximum atomic E-state index is 12.8. The summed E-state index contributed by atoms with van der Waals surface area (Å²) in [4.78, 5) is 10.1. The van der Waals surface area contributed by atoms with Gasteiger partial charge >= 0.3 is 5.97 Å². The van der Waals surface area contributed by atoms with Crippen molar-refractivity contribution in [3.8, 4) is 0 Å². The van der Waals surface area contributed by atoms with Crippen LogP contribution < -0.4 is 5.32 Å². The van der Waals surface area contributed by atoms with E-state index in [4.69, 9.17) is 5.11 Å². The molecule has 0 aromatic heterocycles. The van der Waals surface area contributed by atoms with Crippen molar-refractivity contribution in [2.75, 3.05) is 13.1 Å². The summed E-state index contributed by atoms with van der Waals surface area (Å²) in [6.45, 7) is 0.901. The van der Waals surface area contributed by atoms with E-state index in [2.05, 4.69) is 5.32 Å². The molecule has 0 saturated carbocycles. The van der Waals surface area contributed by atoms with E-state index in [1.54, 1.807) is 0 Å². The fourth-order valence-corrected chi connectivity index (χ4v) is 1.07. The molecule has 1 aliphatic heterocycles. The molecule has 0 spiro atoms. The van der Waals surface area contributed by atoms with E-state index in [0.29, 0.717) is 18.5 Å². The lowest BCUT2D eigenvalue weighted by Gasteiger charge is -2.18. The number of hydrogen-bond acceptors (Lipinski definition) is 2. The van der Waals surface area contributed by atoms with E-state index in [0.717, 1.165) is 6.08 Å². The van der Waals surface area contributed by atoms with Crippen LogP contribution >= 0.6 is 0 Å². The molecule has 1 heterocycles. The first-order valence-corrected chi connectivity index (χ1v) is 3.48. The van der Waals surface area contributed by atoms with E-state index >= 15 is 0 Å². The molecule has 3 nitrogen and oxygen atoms in total. The third kappa shape index (κ3) is 2.31. The van der Waals surface area contributed by atoms with Crippen LogP contribution in [0, 0.1) is 0 Å². The molecular formula is C7H10FNO2. The molecule has 0 amide bonds. The Morgan fingerprint density at radius 3 is 3.09 bits per heavy atom. The van der Waals surface area contributed by atoms with Crippen LogP contribution in [0.5, 0.6) is 0 Å². The Hall–Kier alpha value is -0.900. The van der Waals surface area contributed by atoms with E-state index < -0.39 is 12.1 Å². The number of carbonyl (C=O) groups is 1. The first kappa shape index (κ1) is 8.20. The molecule has 1 fully saturated rings. The van der Waals surface area contributed by atoms with Crippen molar-refractivity contribution in [1.82, 2.24) is 5.32 Å². The molecule has 0 aromatic rings. The zero-order valence-corrected chi connectivity index (χ0v) is 6.01. The Morgan fingerprint density at radius 2 is 2.55 bits per heavy atom. The van der Waals surface area contributed by atoms with Crippen LogP contribution in [-0.2, 0) is 4.79 Å². The normalized spacial score (nSPS) is 28.8. The third-order valence-corrected chi connectivity index (χ3v) is 1.63. The van der Waals surface area contributed by atoms with Crippen molar-refractivity contribution in [2.45, 2.75) is 12.6 Å². The number of rotatable bonds is 1. The van der Waals surface area contributed by atoms with Crippen molar-refractivity contribution in [1.29, 1.82) is 0 Å². The van der Waals surface area contributed by atoms with Gasteiger partial charge in [-0.3, -0.25) is 0 Å². The summed E-state index contributed by atoms with van der Waals surface area (Å²) in [6, 6.07) is 0. The highest BCUT2D eigenvalue weighted by atomic mass is 19.1. The van der Waals surface area contributed by atoms with Gasteiger partial charge in [0.2, 0.25) is 0 Å². The summed E-state index contributed by atoms with van der Waals surface area (Å²) in [5, 5.41) is 11.1. The van der Waals surface area contributed by atoms with Gasteiger partial charge in [-0.15, -0.1) is 0 Å². The van der Waals surface area contributed by atoms with Gasteiger partial charge in [-0.1, -0.05) is 0 Å². The third-order valence-electron chi connectivity index (χ3n) is 1.63. The SMILES string of the molecule is O=C(O)/C=C1/CCNCC1F. The van der Waals surface area contributed by atoms with Crippen molar-refractivity contribution in [3.05, 3.63) is 11.6 Å². The monoisotopic (exact) mass is 159 g/mol. The average Bonchev–Trinajstić information content (AvgIpc) is 1.93. The van der Waals surface area contributed by atoms with Gasteiger partial charge < -0.3 is 10.4 Å². The Balaban J connectivity index is 2.60. The van der Waals surface area contributed by atoms with Gasteiger partial charge in [0.25, 0.3) is 0 Å². The molecule has 4 heteroatoms. The summed E-state index contributed by atoms with van der Waals surface area (Å²) in [5.41, 5.74) is 0.385. The lowest BCUT2D eigenvalue weighted by atomic mass is 10.0. The molecule has 0 bridgehead atoms. The predicted octanol–water partition coefficient (Wildman–Crippen LogP) is 0.329. The zero-order chi connectivity index (χ0) is 8.27. The first-order valence-electron chi connectivity index (χ1n) is 3.48. The van der Waals surface area contributed by atoms with Crippen molar-refractivity contribution in [3.63, 3.8) is 0 Å². The van der Waals surface area contributed by atoms with Crippen molar-refractivity contribution in [2.24, 2.45) is 0 Å². The minimum atomic E-state index is -1.13. The first-order chi connectivity index (χ1) is 5.20. The van der Waals surface area contributed by atoms with Gasteiger partial charge in [-0.25, -0.2) is 9.18 Å². The Bertz CT molecular complexity index is 191. The van der Waals surface area contributed by atoms with Crippen LogP contribution in [0.1, 0.15) is 6.42 Å². The number of hydrogen-bond donors (Lipinski definition) is 2. The molecule has 0 aliphatic carbocycles. The van der Waals surface area contributed by atoms with E-state index in [9.17, 15) is 9.18 Å². The predicted molar refractivity (Wildman–Crippen MR) is 38.1 cm³/mol. The highest BCUT2D eigenvalue weighted by Crippen LogP contribution is 2.13. The maximum Gasteiger partial charge on any atom is 0.328 e. The van der Waals surface area contributed by atoms with E-state index in [1.807, 2.05) is 0 Å². The quantitative estimate of drug-likeness (QED) is 0.542. The molecular weight excluding hydrogens is 149 g/mol. The molecule has 2 N–H and O–H groups in total. The summed E-state index contributed by atoms with van der Waals surface area (Å²) in [6.07, 6.45) is 0.332. The molecule has 1 saturated heterocycles. The van der Waals surface area contributed by atoms with Gasteiger partial charge in [0.05, 0.1) is 0 Å².